The van der Waals surface area contributed by atoms with E-state index in [0.717, 1.165) is 28.8 Å². The summed E-state index contributed by atoms with van der Waals surface area (Å²) in [6, 6.07) is 7.55. The van der Waals surface area contributed by atoms with Gasteiger partial charge in [0.05, 0.1) is 16.8 Å². The van der Waals surface area contributed by atoms with Crippen LogP contribution >= 0.6 is 11.3 Å². The molecule has 0 radical (unpaired) electrons. The number of aryl methyl sites for hydroxylation is 2. The Morgan fingerprint density at radius 3 is 2.74 bits per heavy atom. The zero-order chi connectivity index (χ0) is 21.5. The molecular formula is C23H20F2N4OS. The van der Waals surface area contributed by atoms with Gasteiger partial charge in [0, 0.05) is 36.0 Å². The fourth-order valence-corrected chi connectivity index (χ4v) is 4.89. The normalized spacial score (nSPS) is 19.1. The number of hydrogen-bond donors (Lipinski definition) is 0. The Morgan fingerprint density at radius 1 is 1.06 bits per heavy atom. The Hall–Kier alpha value is -2.84. The van der Waals surface area contributed by atoms with Gasteiger partial charge in [-0.2, -0.15) is 0 Å². The SMILES string of the molecule is Cc1cc([C@H]2C[C@H](c3nc(-c4ccc(F)cc4F)c4sc(C)nc4n3)CCO2)ccn1. The Kier molecular flexibility index (Phi) is 5.19. The summed E-state index contributed by atoms with van der Waals surface area (Å²) in [5.74, 6) is -0.599. The van der Waals surface area contributed by atoms with Gasteiger partial charge < -0.3 is 4.74 Å². The van der Waals surface area contributed by atoms with Gasteiger partial charge in [0.2, 0.25) is 0 Å². The molecule has 0 unspecified atom stereocenters. The van der Waals surface area contributed by atoms with E-state index >= 15 is 0 Å². The molecule has 1 aliphatic heterocycles. The maximum atomic E-state index is 14.6. The fraction of sp³-hybridized carbons (Fsp3) is 0.304. The molecule has 0 spiro atoms. The number of halogens is 2. The number of aromatic nitrogens is 4. The average molecular weight is 439 g/mol. The van der Waals surface area contributed by atoms with Crippen molar-refractivity contribution in [3.8, 4) is 11.3 Å². The van der Waals surface area contributed by atoms with Crippen LogP contribution in [-0.4, -0.2) is 26.5 Å². The van der Waals surface area contributed by atoms with Crippen molar-refractivity contribution in [1.29, 1.82) is 0 Å². The summed E-state index contributed by atoms with van der Waals surface area (Å²) in [7, 11) is 0. The van der Waals surface area contributed by atoms with Crippen molar-refractivity contribution in [2.45, 2.75) is 38.7 Å². The second kappa shape index (κ2) is 8.01. The topological polar surface area (TPSA) is 60.8 Å². The van der Waals surface area contributed by atoms with Crippen molar-refractivity contribution in [3.05, 3.63) is 70.3 Å². The molecule has 8 heteroatoms. The highest BCUT2D eigenvalue weighted by Crippen LogP contribution is 2.39. The smallest absolute Gasteiger partial charge is 0.174 e. The minimum atomic E-state index is -0.644. The molecular weight excluding hydrogens is 418 g/mol. The van der Waals surface area contributed by atoms with Gasteiger partial charge in [0.25, 0.3) is 0 Å². The number of pyridine rings is 1. The first kappa shape index (κ1) is 20.1. The molecule has 4 aromatic rings. The van der Waals surface area contributed by atoms with Crippen LogP contribution in [0.5, 0.6) is 0 Å². The summed E-state index contributed by atoms with van der Waals surface area (Å²) in [6.07, 6.45) is 3.18. The van der Waals surface area contributed by atoms with Crippen molar-refractivity contribution in [2.75, 3.05) is 6.61 Å². The number of rotatable bonds is 3. The summed E-state index contributed by atoms with van der Waals surface area (Å²) in [5, 5.41) is 0.822. The lowest BCUT2D eigenvalue weighted by Gasteiger charge is -2.29. The number of ether oxygens (including phenoxy) is 1. The van der Waals surface area contributed by atoms with Crippen LogP contribution in [0.25, 0.3) is 21.6 Å². The maximum Gasteiger partial charge on any atom is 0.174 e. The van der Waals surface area contributed by atoms with Gasteiger partial charge >= 0.3 is 0 Å². The minimum absolute atomic E-state index is 0.0425. The van der Waals surface area contributed by atoms with Crippen LogP contribution in [0.2, 0.25) is 0 Å². The molecule has 0 N–H and O–H groups in total. The van der Waals surface area contributed by atoms with Crippen LogP contribution < -0.4 is 0 Å². The second-order valence-corrected chi connectivity index (χ2v) is 8.95. The van der Waals surface area contributed by atoms with Crippen LogP contribution in [0.4, 0.5) is 8.78 Å². The molecule has 2 atom stereocenters. The van der Waals surface area contributed by atoms with Crippen molar-refractivity contribution in [1.82, 2.24) is 19.9 Å². The molecule has 0 amide bonds. The first-order valence-corrected chi connectivity index (χ1v) is 10.9. The van der Waals surface area contributed by atoms with E-state index in [4.69, 9.17) is 14.7 Å². The Bertz CT molecular complexity index is 1280. The molecule has 1 aliphatic rings. The van der Waals surface area contributed by atoms with Gasteiger partial charge in [-0.15, -0.1) is 11.3 Å². The number of benzene rings is 1. The first-order chi connectivity index (χ1) is 15.0. The lowest BCUT2D eigenvalue weighted by Crippen LogP contribution is -2.20. The van der Waals surface area contributed by atoms with E-state index in [-0.39, 0.29) is 17.6 Å². The Labute approximate surface area is 182 Å². The number of thiazole rings is 1. The number of hydrogen-bond acceptors (Lipinski definition) is 6. The van der Waals surface area contributed by atoms with Crippen LogP contribution in [0.3, 0.4) is 0 Å². The molecule has 158 valence electrons. The summed E-state index contributed by atoms with van der Waals surface area (Å²) in [6.45, 7) is 4.41. The molecule has 31 heavy (non-hydrogen) atoms. The van der Waals surface area contributed by atoms with Gasteiger partial charge in [0.15, 0.2) is 5.65 Å². The molecule has 4 heterocycles. The molecule has 3 aromatic heterocycles. The minimum Gasteiger partial charge on any atom is -0.373 e. The highest BCUT2D eigenvalue weighted by atomic mass is 32.1. The zero-order valence-electron chi connectivity index (χ0n) is 17.1. The maximum absolute atomic E-state index is 14.6. The van der Waals surface area contributed by atoms with Gasteiger partial charge in [0.1, 0.15) is 22.2 Å². The van der Waals surface area contributed by atoms with Crippen molar-refractivity contribution < 1.29 is 13.5 Å². The van der Waals surface area contributed by atoms with E-state index in [1.807, 2.05) is 26.0 Å². The van der Waals surface area contributed by atoms with E-state index in [2.05, 4.69) is 9.97 Å². The first-order valence-electron chi connectivity index (χ1n) is 10.1. The van der Waals surface area contributed by atoms with E-state index in [0.29, 0.717) is 34.9 Å². The summed E-state index contributed by atoms with van der Waals surface area (Å²) >= 11 is 1.41. The highest BCUT2D eigenvalue weighted by molar-refractivity contribution is 7.19. The van der Waals surface area contributed by atoms with E-state index in [9.17, 15) is 8.78 Å². The number of fused-ring (bicyclic) bond motifs is 1. The average Bonchev–Trinajstić information content (AvgIpc) is 3.13. The van der Waals surface area contributed by atoms with E-state index in [1.54, 1.807) is 6.20 Å². The quantitative estimate of drug-likeness (QED) is 0.412. The molecule has 1 saturated heterocycles. The van der Waals surface area contributed by atoms with Crippen LogP contribution in [0.15, 0.2) is 36.5 Å². The van der Waals surface area contributed by atoms with Crippen LogP contribution in [-0.2, 0) is 4.74 Å². The second-order valence-electron chi connectivity index (χ2n) is 7.75. The largest absolute Gasteiger partial charge is 0.373 e. The van der Waals surface area contributed by atoms with E-state index in [1.165, 1.54) is 23.5 Å². The van der Waals surface area contributed by atoms with Gasteiger partial charge in [-0.3, -0.25) is 4.98 Å². The summed E-state index contributed by atoms with van der Waals surface area (Å²) in [4.78, 5) is 18.3. The highest BCUT2D eigenvalue weighted by Gasteiger charge is 2.29. The van der Waals surface area contributed by atoms with Crippen LogP contribution in [0, 0.1) is 25.5 Å². The molecule has 1 aromatic carbocycles. The predicted octanol–water partition coefficient (Wildman–Crippen LogP) is 5.68. The molecule has 0 aliphatic carbocycles. The van der Waals surface area contributed by atoms with Gasteiger partial charge in [-0.05, 0) is 56.5 Å². The van der Waals surface area contributed by atoms with Crippen molar-refractivity contribution >= 4 is 21.7 Å². The fourth-order valence-electron chi connectivity index (χ4n) is 4.02. The monoisotopic (exact) mass is 438 g/mol. The zero-order valence-corrected chi connectivity index (χ0v) is 17.9. The molecule has 0 saturated carbocycles. The molecule has 0 bridgehead atoms. The molecule has 5 rings (SSSR count). The van der Waals surface area contributed by atoms with Gasteiger partial charge in [-0.25, -0.2) is 23.7 Å². The summed E-state index contributed by atoms with van der Waals surface area (Å²) in [5.41, 5.74) is 3.28. The third-order valence-electron chi connectivity index (χ3n) is 5.51. The molecule has 1 fully saturated rings. The Morgan fingerprint density at radius 2 is 1.94 bits per heavy atom. The lowest BCUT2D eigenvalue weighted by atomic mass is 9.91. The summed E-state index contributed by atoms with van der Waals surface area (Å²) < 4.78 is 34.8. The van der Waals surface area contributed by atoms with Crippen molar-refractivity contribution in [3.63, 3.8) is 0 Å². The standard InChI is InChI=1S/C23H20F2N4OS/c1-12-9-14(5-7-26-12)19-10-15(6-8-30-19)22-28-20(17-4-3-16(24)11-18(17)25)21-23(29-22)27-13(2)31-21/h3-5,7,9,11,15,19H,6,8,10H2,1-2H3/t15-,19-/m1/s1. The Balaban J connectivity index is 1.57. The van der Waals surface area contributed by atoms with E-state index < -0.39 is 11.6 Å². The third kappa shape index (κ3) is 3.93. The molecule has 5 nitrogen and oxygen atoms in total. The van der Waals surface area contributed by atoms with Crippen LogP contribution in [0.1, 0.15) is 47.0 Å². The number of nitrogens with zero attached hydrogens (tertiary/aromatic N) is 4. The van der Waals surface area contributed by atoms with Crippen molar-refractivity contribution in [2.24, 2.45) is 0 Å². The third-order valence-corrected chi connectivity index (χ3v) is 6.47. The lowest BCUT2D eigenvalue weighted by molar-refractivity contribution is 0.00394. The van der Waals surface area contributed by atoms with Gasteiger partial charge in [-0.1, -0.05) is 0 Å². The predicted molar refractivity (Wildman–Crippen MR) is 115 cm³/mol.